The highest BCUT2D eigenvalue weighted by Gasteiger charge is 2.37. The zero-order chi connectivity index (χ0) is 23.3. The van der Waals surface area contributed by atoms with E-state index in [0.717, 1.165) is 23.4 Å². The Morgan fingerprint density at radius 1 is 1.00 bits per heavy atom. The summed E-state index contributed by atoms with van der Waals surface area (Å²) in [7, 11) is 0. The maximum atomic E-state index is 13.4. The number of hydrogen-bond donors (Lipinski definition) is 2. The average Bonchev–Trinajstić information content (AvgIpc) is 3.30. The molecular formula is C26H25N5O2S. The molecule has 34 heavy (non-hydrogen) atoms. The van der Waals surface area contributed by atoms with E-state index in [9.17, 15) is 4.79 Å². The Balaban J connectivity index is 1.39. The van der Waals surface area contributed by atoms with Crippen molar-refractivity contribution < 1.29 is 9.53 Å². The second kappa shape index (κ2) is 10.0. The maximum Gasteiger partial charge on any atom is 0.240 e. The number of amides is 1. The first-order valence-electron chi connectivity index (χ1n) is 11.2. The summed E-state index contributed by atoms with van der Waals surface area (Å²) in [4.78, 5) is 13.4. The quantitative estimate of drug-likeness (QED) is 0.402. The Kier molecular flexibility index (Phi) is 6.49. The lowest BCUT2D eigenvalue weighted by Gasteiger charge is -2.33. The summed E-state index contributed by atoms with van der Waals surface area (Å²) in [6.07, 6.45) is 0.957. The van der Waals surface area contributed by atoms with Crippen LogP contribution in [-0.2, 0) is 17.8 Å². The van der Waals surface area contributed by atoms with Crippen LogP contribution in [0.15, 0.2) is 90.1 Å². The fourth-order valence-corrected chi connectivity index (χ4v) is 4.90. The number of nitrogens with one attached hydrogen (secondary N) is 2. The molecule has 8 heteroatoms. The van der Waals surface area contributed by atoms with Gasteiger partial charge in [0.15, 0.2) is 5.82 Å². The molecule has 0 fully saturated rings. The standard InChI is InChI=1S/C26H25N5O2S/c1-2-18-13-15-20(16-14-18)27-25(32)24-23(19-9-5-3-6-10-19)30-31-22(28-29-26(31)34-24)17-33-21-11-7-4-8-12-21/h3-16,23-24,30H,2,17H2,1H3,(H,27,32)/t23-,24+/m1/s1. The number of para-hydroxylation sites is 1. The minimum Gasteiger partial charge on any atom is -0.486 e. The normalized spacial score (nSPS) is 16.9. The summed E-state index contributed by atoms with van der Waals surface area (Å²) in [6, 6.07) is 27.2. The summed E-state index contributed by atoms with van der Waals surface area (Å²) in [6.45, 7) is 2.37. The highest BCUT2D eigenvalue weighted by Crippen LogP contribution is 2.37. The van der Waals surface area contributed by atoms with Crippen molar-refractivity contribution >= 4 is 23.4 Å². The number of carbonyl (C=O) groups excluding carboxylic acids is 1. The molecule has 0 radical (unpaired) electrons. The lowest BCUT2D eigenvalue weighted by molar-refractivity contribution is -0.116. The van der Waals surface area contributed by atoms with Gasteiger partial charge in [-0.15, -0.1) is 10.2 Å². The second-order valence-electron chi connectivity index (χ2n) is 7.93. The lowest BCUT2D eigenvalue weighted by Crippen LogP contribution is -2.41. The van der Waals surface area contributed by atoms with Gasteiger partial charge in [-0.25, -0.2) is 4.68 Å². The Bertz CT molecular complexity index is 1250. The zero-order valence-corrected chi connectivity index (χ0v) is 19.5. The van der Waals surface area contributed by atoms with Gasteiger partial charge in [-0.3, -0.25) is 4.79 Å². The highest BCUT2D eigenvalue weighted by molar-refractivity contribution is 8.00. The molecule has 1 aliphatic heterocycles. The lowest BCUT2D eigenvalue weighted by atomic mass is 10.0. The van der Waals surface area contributed by atoms with Crippen LogP contribution in [0.1, 0.15) is 29.9 Å². The number of benzene rings is 3. The Morgan fingerprint density at radius 2 is 1.71 bits per heavy atom. The third-order valence-electron chi connectivity index (χ3n) is 5.66. The van der Waals surface area contributed by atoms with Gasteiger partial charge in [0, 0.05) is 5.69 Å². The van der Waals surface area contributed by atoms with Crippen LogP contribution >= 0.6 is 11.8 Å². The molecule has 4 aromatic rings. The second-order valence-corrected chi connectivity index (χ2v) is 9.04. The molecule has 0 bridgehead atoms. The fraction of sp³-hybridized carbons (Fsp3) is 0.192. The van der Waals surface area contributed by atoms with Crippen molar-refractivity contribution in [1.29, 1.82) is 0 Å². The summed E-state index contributed by atoms with van der Waals surface area (Å²) in [5.41, 5.74) is 6.47. The molecule has 5 rings (SSSR count). The Labute approximate surface area is 202 Å². The first-order valence-corrected chi connectivity index (χ1v) is 12.1. The van der Waals surface area contributed by atoms with Crippen molar-refractivity contribution in [2.24, 2.45) is 0 Å². The predicted molar refractivity (Wildman–Crippen MR) is 133 cm³/mol. The summed E-state index contributed by atoms with van der Waals surface area (Å²) in [5.74, 6) is 1.31. The van der Waals surface area contributed by atoms with Gasteiger partial charge in [0.1, 0.15) is 17.6 Å². The zero-order valence-electron chi connectivity index (χ0n) is 18.7. The molecule has 1 aromatic heterocycles. The van der Waals surface area contributed by atoms with Crippen molar-refractivity contribution in [1.82, 2.24) is 14.9 Å². The van der Waals surface area contributed by atoms with E-state index in [4.69, 9.17) is 4.74 Å². The molecule has 7 nitrogen and oxygen atoms in total. The maximum absolute atomic E-state index is 13.4. The highest BCUT2D eigenvalue weighted by atomic mass is 32.2. The van der Waals surface area contributed by atoms with Crippen LogP contribution in [0.3, 0.4) is 0 Å². The summed E-state index contributed by atoms with van der Waals surface area (Å²) in [5, 5.41) is 11.9. The van der Waals surface area contributed by atoms with E-state index in [1.165, 1.54) is 17.3 Å². The number of aromatic nitrogens is 3. The number of fused-ring (bicyclic) bond motifs is 1. The topological polar surface area (TPSA) is 81.1 Å². The van der Waals surface area contributed by atoms with Crippen LogP contribution in [0.25, 0.3) is 0 Å². The number of nitrogens with zero attached hydrogens (tertiary/aromatic N) is 3. The third-order valence-corrected chi connectivity index (χ3v) is 6.88. The monoisotopic (exact) mass is 471 g/mol. The number of rotatable bonds is 7. The average molecular weight is 472 g/mol. The molecule has 1 amide bonds. The molecule has 172 valence electrons. The van der Waals surface area contributed by atoms with Gasteiger partial charge >= 0.3 is 0 Å². The molecule has 0 saturated heterocycles. The fourth-order valence-electron chi connectivity index (χ4n) is 3.80. The third kappa shape index (κ3) is 4.77. The van der Waals surface area contributed by atoms with Crippen molar-refractivity contribution in [3.05, 3.63) is 102 Å². The van der Waals surface area contributed by atoms with Crippen molar-refractivity contribution in [3.63, 3.8) is 0 Å². The molecule has 2 atom stereocenters. The first-order chi connectivity index (χ1) is 16.7. The van der Waals surface area contributed by atoms with Crippen molar-refractivity contribution in [2.75, 3.05) is 10.7 Å². The van der Waals surface area contributed by atoms with Crippen LogP contribution in [-0.4, -0.2) is 26.0 Å². The number of carbonyl (C=O) groups is 1. The minimum atomic E-state index is -0.437. The summed E-state index contributed by atoms with van der Waals surface area (Å²) < 4.78 is 7.70. The molecule has 0 unspecified atom stereocenters. The molecule has 1 aliphatic rings. The number of ether oxygens (including phenoxy) is 1. The van der Waals surface area contributed by atoms with Gasteiger partial charge in [0.05, 0.1) is 6.04 Å². The predicted octanol–water partition coefficient (Wildman–Crippen LogP) is 4.82. The van der Waals surface area contributed by atoms with E-state index in [2.05, 4.69) is 27.9 Å². The van der Waals surface area contributed by atoms with E-state index < -0.39 is 5.25 Å². The number of anilines is 1. The Morgan fingerprint density at radius 3 is 2.41 bits per heavy atom. The van der Waals surface area contributed by atoms with Crippen molar-refractivity contribution in [3.8, 4) is 5.75 Å². The Hall–Kier alpha value is -3.78. The van der Waals surface area contributed by atoms with E-state index in [1.54, 1.807) is 0 Å². The molecule has 2 N–H and O–H groups in total. The van der Waals surface area contributed by atoms with Gasteiger partial charge in [-0.2, -0.15) is 0 Å². The largest absolute Gasteiger partial charge is 0.486 e. The SMILES string of the molecule is CCc1ccc(NC(=O)[C@H]2Sc3nnc(COc4ccccc4)n3N[C@@H]2c2ccccc2)cc1. The first kappa shape index (κ1) is 22.0. The molecular weight excluding hydrogens is 446 g/mol. The molecule has 2 heterocycles. The van der Waals surface area contributed by atoms with Gasteiger partial charge in [-0.05, 0) is 41.8 Å². The van der Waals surface area contributed by atoms with Crippen LogP contribution in [0, 0.1) is 0 Å². The van der Waals surface area contributed by atoms with E-state index in [-0.39, 0.29) is 18.6 Å². The number of aryl methyl sites for hydroxylation is 1. The van der Waals surface area contributed by atoms with Crippen LogP contribution in [0.2, 0.25) is 0 Å². The van der Waals surface area contributed by atoms with Gasteiger partial charge in [0.25, 0.3) is 0 Å². The van der Waals surface area contributed by atoms with Gasteiger partial charge in [0.2, 0.25) is 11.1 Å². The van der Waals surface area contributed by atoms with Crippen molar-refractivity contribution in [2.45, 2.75) is 36.4 Å². The van der Waals surface area contributed by atoms with Crippen LogP contribution < -0.4 is 15.5 Å². The van der Waals surface area contributed by atoms with Crippen LogP contribution in [0.5, 0.6) is 5.75 Å². The minimum absolute atomic E-state index is 0.0908. The van der Waals surface area contributed by atoms with E-state index >= 15 is 0 Å². The molecule has 0 saturated carbocycles. The smallest absolute Gasteiger partial charge is 0.240 e. The molecule has 3 aromatic carbocycles. The molecule has 0 spiro atoms. The van der Waals surface area contributed by atoms with Gasteiger partial charge in [-0.1, -0.05) is 79.3 Å². The van der Waals surface area contributed by atoms with Crippen LogP contribution in [0.4, 0.5) is 5.69 Å². The molecule has 0 aliphatic carbocycles. The number of thioether (sulfide) groups is 1. The van der Waals surface area contributed by atoms with E-state index in [1.807, 2.05) is 89.6 Å². The van der Waals surface area contributed by atoms with E-state index in [0.29, 0.717) is 11.0 Å². The number of hydrogen-bond acceptors (Lipinski definition) is 6. The summed E-state index contributed by atoms with van der Waals surface area (Å²) >= 11 is 1.40. The van der Waals surface area contributed by atoms with Gasteiger partial charge < -0.3 is 15.5 Å².